The molecular formula is C29H27Cl2F3N2O3. The summed E-state index contributed by atoms with van der Waals surface area (Å²) >= 11 is 12.5. The maximum absolute atomic E-state index is 14.4. The minimum atomic E-state index is -4.75. The van der Waals surface area contributed by atoms with Gasteiger partial charge in [-0.2, -0.15) is 13.2 Å². The van der Waals surface area contributed by atoms with Crippen LogP contribution in [0.15, 0.2) is 54.6 Å². The Balaban J connectivity index is 1.89. The number of carbonyl (C=O) groups is 2. The molecule has 0 bridgehead atoms. The van der Waals surface area contributed by atoms with E-state index < -0.39 is 34.9 Å². The first-order valence-electron chi connectivity index (χ1n) is 12.1. The number of Topliss-reactive ketones (excluding diaryl/α,β-unsaturated/α-hetero) is 1. The van der Waals surface area contributed by atoms with Gasteiger partial charge < -0.3 is 15.0 Å². The highest BCUT2D eigenvalue weighted by Gasteiger charge is 2.54. The van der Waals surface area contributed by atoms with Gasteiger partial charge in [-0.25, -0.2) is 0 Å². The van der Waals surface area contributed by atoms with Gasteiger partial charge in [0.2, 0.25) is 0 Å². The Morgan fingerprint density at radius 2 is 1.64 bits per heavy atom. The Morgan fingerprint density at radius 1 is 0.974 bits per heavy atom. The standard InChI is InChI=1S/C29H27Cl2F3N2O3/c1-16-9-17(2)11-20(10-16)26(37)28(15-35-14-22(28)18-5-7-23(30)24(31)13-18)36(3)27(38)19-6-8-25(39-4)21(12-19)29(32,33)34/h5-13,22,35H,14-15H2,1-4H3/t22-,28+/m0/s1. The van der Waals surface area contributed by atoms with Gasteiger partial charge in [0.15, 0.2) is 5.78 Å². The van der Waals surface area contributed by atoms with E-state index >= 15 is 0 Å². The lowest BCUT2D eigenvalue weighted by Crippen LogP contribution is -2.59. The van der Waals surface area contributed by atoms with E-state index in [4.69, 9.17) is 27.9 Å². The molecule has 0 spiro atoms. The number of carbonyl (C=O) groups excluding carboxylic acids is 2. The van der Waals surface area contributed by atoms with Gasteiger partial charge in [-0.1, -0.05) is 46.5 Å². The van der Waals surface area contributed by atoms with E-state index in [1.54, 1.807) is 30.3 Å². The van der Waals surface area contributed by atoms with Crippen molar-refractivity contribution in [3.8, 4) is 5.75 Å². The molecule has 2 atom stereocenters. The van der Waals surface area contributed by atoms with E-state index in [1.165, 1.54) is 18.0 Å². The molecule has 0 aliphatic carbocycles. The molecule has 1 amide bonds. The third kappa shape index (κ3) is 5.38. The summed E-state index contributed by atoms with van der Waals surface area (Å²) in [5.41, 5.74) is 0.00733. The number of benzene rings is 3. The molecule has 1 heterocycles. The minimum Gasteiger partial charge on any atom is -0.496 e. The number of hydrogen-bond acceptors (Lipinski definition) is 4. The SMILES string of the molecule is COc1ccc(C(=O)N(C)[C@]2(C(=O)c3cc(C)cc(C)c3)CNC[C@H]2c2ccc(Cl)c(Cl)c2)cc1C(F)(F)F. The molecule has 1 saturated heterocycles. The van der Waals surface area contributed by atoms with E-state index in [-0.39, 0.29) is 22.9 Å². The van der Waals surface area contributed by atoms with Crippen LogP contribution in [0.1, 0.15) is 48.9 Å². The number of rotatable bonds is 6. The van der Waals surface area contributed by atoms with Crippen molar-refractivity contribution in [1.82, 2.24) is 10.2 Å². The summed E-state index contributed by atoms with van der Waals surface area (Å²) in [6.07, 6.45) is -4.75. The monoisotopic (exact) mass is 578 g/mol. The predicted octanol–water partition coefficient (Wildman–Crippen LogP) is 6.72. The highest BCUT2D eigenvalue weighted by Crippen LogP contribution is 2.42. The molecule has 4 rings (SSSR count). The zero-order valence-corrected chi connectivity index (χ0v) is 23.3. The molecule has 0 radical (unpaired) electrons. The molecule has 3 aromatic carbocycles. The summed E-state index contributed by atoms with van der Waals surface area (Å²) in [4.78, 5) is 29.5. The van der Waals surface area contributed by atoms with Crippen LogP contribution in [-0.4, -0.2) is 49.4 Å². The number of nitrogens with one attached hydrogen (secondary N) is 1. The molecule has 39 heavy (non-hydrogen) atoms. The summed E-state index contributed by atoms with van der Waals surface area (Å²) in [5.74, 6) is -2.06. The molecule has 1 aliphatic rings. The molecular weight excluding hydrogens is 552 g/mol. The molecule has 10 heteroatoms. The number of halogens is 5. The lowest BCUT2D eigenvalue weighted by Gasteiger charge is -2.42. The largest absolute Gasteiger partial charge is 0.496 e. The zero-order valence-electron chi connectivity index (χ0n) is 21.7. The fraction of sp³-hybridized carbons (Fsp3) is 0.310. The van der Waals surface area contributed by atoms with Crippen LogP contribution in [0.5, 0.6) is 5.75 Å². The average Bonchev–Trinajstić information content (AvgIpc) is 3.33. The first kappa shape index (κ1) is 28.9. The van der Waals surface area contributed by atoms with E-state index in [0.29, 0.717) is 22.7 Å². The molecule has 1 aliphatic heterocycles. The zero-order chi connectivity index (χ0) is 28.7. The number of nitrogens with zero attached hydrogens (tertiary/aromatic N) is 1. The number of ether oxygens (including phenoxy) is 1. The van der Waals surface area contributed by atoms with E-state index in [2.05, 4.69) is 5.32 Å². The first-order chi connectivity index (χ1) is 18.3. The molecule has 1 fully saturated rings. The van der Waals surface area contributed by atoms with Crippen LogP contribution in [0, 0.1) is 13.8 Å². The minimum absolute atomic E-state index is 0.0776. The lowest BCUT2D eigenvalue weighted by molar-refractivity contribution is -0.138. The quantitative estimate of drug-likeness (QED) is 0.330. The number of methoxy groups -OCH3 is 1. The van der Waals surface area contributed by atoms with Crippen LogP contribution in [0.2, 0.25) is 10.0 Å². The van der Waals surface area contributed by atoms with Crippen molar-refractivity contribution >= 4 is 34.9 Å². The van der Waals surface area contributed by atoms with Crippen molar-refractivity contribution in [2.45, 2.75) is 31.5 Å². The molecule has 1 N–H and O–H groups in total. The second-order valence-corrected chi connectivity index (χ2v) is 10.6. The second kappa shape index (κ2) is 10.8. The number of likely N-dealkylation sites (N-methyl/N-ethyl adjacent to an activating group) is 1. The van der Waals surface area contributed by atoms with E-state index in [9.17, 15) is 22.8 Å². The number of ketones is 1. The van der Waals surface area contributed by atoms with Crippen LogP contribution in [0.3, 0.4) is 0 Å². The topological polar surface area (TPSA) is 58.6 Å². The van der Waals surface area contributed by atoms with Crippen molar-refractivity contribution in [1.29, 1.82) is 0 Å². The van der Waals surface area contributed by atoms with Gasteiger partial charge in [0.05, 0.1) is 22.7 Å². The van der Waals surface area contributed by atoms with Gasteiger partial charge in [-0.15, -0.1) is 0 Å². The highest BCUT2D eigenvalue weighted by molar-refractivity contribution is 6.42. The Kier molecular flexibility index (Phi) is 8.03. The maximum Gasteiger partial charge on any atom is 0.419 e. The summed E-state index contributed by atoms with van der Waals surface area (Å²) in [7, 11) is 2.57. The summed E-state index contributed by atoms with van der Waals surface area (Å²) in [5, 5.41) is 3.84. The third-order valence-corrected chi connectivity index (χ3v) is 7.94. The third-order valence-electron chi connectivity index (χ3n) is 7.20. The van der Waals surface area contributed by atoms with Crippen molar-refractivity contribution < 1.29 is 27.5 Å². The Labute approximate surface area is 234 Å². The van der Waals surface area contributed by atoms with Crippen molar-refractivity contribution in [2.24, 2.45) is 0 Å². The summed E-state index contributed by atoms with van der Waals surface area (Å²) in [6, 6.07) is 13.5. The van der Waals surface area contributed by atoms with Crippen LogP contribution in [0.25, 0.3) is 0 Å². The normalized spacial score (nSPS) is 19.2. The number of aryl methyl sites for hydroxylation is 2. The van der Waals surface area contributed by atoms with E-state index in [1.807, 2.05) is 19.9 Å². The fourth-order valence-electron chi connectivity index (χ4n) is 5.36. The molecule has 5 nitrogen and oxygen atoms in total. The molecule has 206 valence electrons. The Bertz CT molecular complexity index is 1420. The molecule has 0 aromatic heterocycles. The number of amides is 1. The second-order valence-electron chi connectivity index (χ2n) is 9.76. The molecule has 3 aromatic rings. The van der Waals surface area contributed by atoms with Gasteiger partial charge in [0, 0.05) is 37.2 Å². The van der Waals surface area contributed by atoms with Crippen molar-refractivity contribution in [3.05, 3.63) is 98.0 Å². The molecule has 0 unspecified atom stereocenters. The molecule has 0 saturated carbocycles. The van der Waals surface area contributed by atoms with E-state index in [0.717, 1.165) is 30.4 Å². The van der Waals surface area contributed by atoms with Crippen molar-refractivity contribution in [3.63, 3.8) is 0 Å². The Morgan fingerprint density at radius 3 is 2.23 bits per heavy atom. The maximum atomic E-state index is 14.4. The van der Waals surface area contributed by atoms with Gasteiger partial charge in [0.25, 0.3) is 5.91 Å². The van der Waals surface area contributed by atoms with Crippen LogP contribution >= 0.6 is 23.2 Å². The van der Waals surface area contributed by atoms with Crippen LogP contribution < -0.4 is 10.1 Å². The number of hydrogen-bond donors (Lipinski definition) is 1. The number of alkyl halides is 3. The summed E-state index contributed by atoms with van der Waals surface area (Å²) in [6.45, 7) is 4.13. The van der Waals surface area contributed by atoms with Crippen molar-refractivity contribution in [2.75, 3.05) is 27.2 Å². The average molecular weight is 579 g/mol. The predicted molar refractivity (Wildman–Crippen MR) is 145 cm³/mol. The van der Waals surface area contributed by atoms with Gasteiger partial charge in [0.1, 0.15) is 11.3 Å². The van der Waals surface area contributed by atoms with Gasteiger partial charge in [-0.3, -0.25) is 9.59 Å². The van der Waals surface area contributed by atoms with Gasteiger partial charge >= 0.3 is 6.18 Å². The first-order valence-corrected chi connectivity index (χ1v) is 12.9. The fourth-order valence-corrected chi connectivity index (χ4v) is 5.66. The van der Waals surface area contributed by atoms with Gasteiger partial charge in [-0.05, 0) is 61.9 Å². The van der Waals surface area contributed by atoms with Crippen LogP contribution in [0.4, 0.5) is 13.2 Å². The Hall–Kier alpha value is -3.07. The van der Waals surface area contributed by atoms with Crippen LogP contribution in [-0.2, 0) is 6.18 Å². The summed E-state index contributed by atoms with van der Waals surface area (Å²) < 4.78 is 46.1. The highest BCUT2D eigenvalue weighted by atomic mass is 35.5. The smallest absolute Gasteiger partial charge is 0.419 e. The lowest BCUT2D eigenvalue weighted by atomic mass is 9.75.